The molecule has 3 aromatic rings. The molecule has 0 radical (unpaired) electrons. The number of hydrogen-bond acceptors (Lipinski definition) is 5. The first-order valence-corrected chi connectivity index (χ1v) is 8.49. The molecule has 3 rings (SSSR count). The Morgan fingerprint density at radius 3 is 2.64 bits per heavy atom. The van der Waals surface area contributed by atoms with E-state index >= 15 is 0 Å². The van der Waals surface area contributed by atoms with Gasteiger partial charge in [-0.1, -0.05) is 24.3 Å². The minimum Gasteiger partial charge on any atom is -0.455 e. The first-order valence-electron chi connectivity index (χ1n) is 7.67. The number of nitrogens with zero attached hydrogens (tertiary/aromatic N) is 1. The summed E-state index contributed by atoms with van der Waals surface area (Å²) in [7, 11) is 0. The second-order valence-electron chi connectivity index (χ2n) is 5.32. The molecule has 5 nitrogen and oxygen atoms in total. The lowest BCUT2D eigenvalue weighted by molar-refractivity contribution is -0.138. The lowest BCUT2D eigenvalue weighted by Gasteiger charge is -2.02. The molecule has 1 aromatic heterocycles. The molecule has 1 heterocycles. The van der Waals surface area contributed by atoms with Gasteiger partial charge in [-0.05, 0) is 35.9 Å². The van der Waals surface area contributed by atoms with Crippen LogP contribution in [-0.4, -0.2) is 16.9 Å². The van der Waals surface area contributed by atoms with Gasteiger partial charge in [0.05, 0.1) is 10.2 Å². The van der Waals surface area contributed by atoms with Crippen LogP contribution in [0.1, 0.15) is 17.5 Å². The smallest absolute Gasteiger partial charge is 0.331 e. The van der Waals surface area contributed by atoms with E-state index in [1.165, 1.54) is 24.3 Å². The Morgan fingerprint density at radius 1 is 1.16 bits per heavy atom. The molecule has 1 N–H and O–H groups in total. The van der Waals surface area contributed by atoms with Crippen molar-refractivity contribution in [3.05, 3.63) is 65.2 Å². The third kappa shape index (κ3) is 4.74. The lowest BCUT2D eigenvalue weighted by atomic mass is 10.2. The largest absolute Gasteiger partial charge is 0.455 e. The molecule has 2 aromatic carbocycles. The summed E-state index contributed by atoms with van der Waals surface area (Å²) >= 11 is 1.51. The van der Waals surface area contributed by atoms with E-state index in [0.717, 1.165) is 20.8 Å². The summed E-state index contributed by atoms with van der Waals surface area (Å²) in [6.07, 6.45) is 3.04. The number of carbonyl (C=O) groups is 2. The van der Waals surface area contributed by atoms with E-state index in [4.69, 9.17) is 4.74 Å². The molecule has 0 bridgehead atoms. The maximum Gasteiger partial charge on any atom is 0.331 e. The van der Waals surface area contributed by atoms with Gasteiger partial charge in [0, 0.05) is 18.7 Å². The van der Waals surface area contributed by atoms with E-state index in [1.807, 2.05) is 36.4 Å². The number of ether oxygens (including phenoxy) is 1. The highest BCUT2D eigenvalue weighted by Crippen LogP contribution is 2.22. The van der Waals surface area contributed by atoms with Crippen LogP contribution in [-0.2, 0) is 20.9 Å². The molecular formula is C19H16N2O3S. The normalized spacial score (nSPS) is 10.9. The Morgan fingerprint density at radius 2 is 1.92 bits per heavy atom. The summed E-state index contributed by atoms with van der Waals surface area (Å²) < 4.78 is 6.29. The monoisotopic (exact) mass is 352 g/mol. The van der Waals surface area contributed by atoms with Crippen LogP contribution in [0.5, 0.6) is 0 Å². The Hall–Kier alpha value is -2.99. The molecule has 0 spiro atoms. The van der Waals surface area contributed by atoms with Crippen LogP contribution in [0.3, 0.4) is 0 Å². The number of hydrogen-bond donors (Lipinski definition) is 1. The number of fused-ring (bicyclic) bond motifs is 1. The minimum atomic E-state index is -0.426. The fraction of sp³-hybridized carbons (Fsp3) is 0.105. The molecule has 0 atom stereocenters. The van der Waals surface area contributed by atoms with Crippen LogP contribution >= 0.6 is 11.3 Å². The number of benzene rings is 2. The summed E-state index contributed by atoms with van der Waals surface area (Å²) in [5.41, 5.74) is 2.46. The molecule has 1 amide bonds. The second-order valence-corrected chi connectivity index (χ2v) is 6.43. The van der Waals surface area contributed by atoms with Crippen molar-refractivity contribution in [3.8, 4) is 0 Å². The van der Waals surface area contributed by atoms with E-state index in [-0.39, 0.29) is 12.5 Å². The number of nitrogens with one attached hydrogen (secondary N) is 1. The van der Waals surface area contributed by atoms with Crippen LogP contribution < -0.4 is 5.32 Å². The fourth-order valence-electron chi connectivity index (χ4n) is 2.21. The Kier molecular flexibility index (Phi) is 5.20. The van der Waals surface area contributed by atoms with Gasteiger partial charge >= 0.3 is 5.97 Å². The Bertz CT molecular complexity index is 896. The van der Waals surface area contributed by atoms with Gasteiger partial charge in [0.1, 0.15) is 11.6 Å². The topological polar surface area (TPSA) is 68.3 Å². The van der Waals surface area contributed by atoms with Crippen molar-refractivity contribution in [1.29, 1.82) is 0 Å². The van der Waals surface area contributed by atoms with Gasteiger partial charge in [-0.15, -0.1) is 11.3 Å². The molecule has 0 aliphatic heterocycles. The minimum absolute atomic E-state index is 0.123. The summed E-state index contributed by atoms with van der Waals surface area (Å²) in [6.45, 7) is 1.61. The van der Waals surface area contributed by atoms with Crippen LogP contribution in [0.25, 0.3) is 16.3 Å². The van der Waals surface area contributed by atoms with E-state index in [9.17, 15) is 9.59 Å². The molecule has 0 saturated carbocycles. The SMILES string of the molecule is CC(=O)Nc1ccc(/C=C/C(=O)OCc2nc3ccccc3s2)cc1. The van der Waals surface area contributed by atoms with Gasteiger partial charge in [-0.2, -0.15) is 0 Å². The molecule has 0 aliphatic rings. The summed E-state index contributed by atoms with van der Waals surface area (Å²) in [5.74, 6) is -0.549. The van der Waals surface area contributed by atoms with Crippen LogP contribution in [0.4, 0.5) is 5.69 Å². The van der Waals surface area contributed by atoms with Gasteiger partial charge in [0.25, 0.3) is 0 Å². The highest BCUT2D eigenvalue weighted by molar-refractivity contribution is 7.18. The van der Waals surface area contributed by atoms with E-state index in [1.54, 1.807) is 18.2 Å². The maximum atomic E-state index is 11.8. The van der Waals surface area contributed by atoms with E-state index in [0.29, 0.717) is 5.69 Å². The van der Waals surface area contributed by atoms with Gasteiger partial charge in [0.2, 0.25) is 5.91 Å². The van der Waals surface area contributed by atoms with Gasteiger partial charge in [0.15, 0.2) is 0 Å². The van der Waals surface area contributed by atoms with Crippen LogP contribution in [0.15, 0.2) is 54.6 Å². The van der Waals surface area contributed by atoms with Crippen molar-refractivity contribution in [1.82, 2.24) is 4.98 Å². The molecule has 126 valence electrons. The Labute approximate surface area is 149 Å². The number of carbonyl (C=O) groups excluding carboxylic acids is 2. The third-order valence-electron chi connectivity index (χ3n) is 3.32. The number of para-hydroxylation sites is 1. The maximum absolute atomic E-state index is 11.8. The summed E-state index contributed by atoms with van der Waals surface area (Å²) in [6, 6.07) is 15.0. The molecule has 0 saturated heterocycles. The van der Waals surface area contributed by atoms with E-state index < -0.39 is 5.97 Å². The standard InChI is InChI=1S/C19H16N2O3S/c1-13(22)20-15-9-6-14(7-10-15)8-11-19(23)24-12-18-21-16-4-2-3-5-17(16)25-18/h2-11H,12H2,1H3,(H,20,22)/b11-8+. The van der Waals surface area contributed by atoms with Crippen molar-refractivity contribution >= 4 is 45.2 Å². The quantitative estimate of drug-likeness (QED) is 0.556. The zero-order chi connectivity index (χ0) is 17.6. The molecule has 0 unspecified atom stereocenters. The molecule has 25 heavy (non-hydrogen) atoms. The number of aromatic nitrogens is 1. The van der Waals surface area contributed by atoms with Crippen molar-refractivity contribution in [3.63, 3.8) is 0 Å². The van der Waals surface area contributed by atoms with E-state index in [2.05, 4.69) is 10.3 Å². The second kappa shape index (κ2) is 7.72. The van der Waals surface area contributed by atoms with Crippen LogP contribution in [0, 0.1) is 0 Å². The summed E-state index contributed by atoms with van der Waals surface area (Å²) in [4.78, 5) is 27.2. The summed E-state index contributed by atoms with van der Waals surface area (Å²) in [5, 5.41) is 3.45. The zero-order valence-electron chi connectivity index (χ0n) is 13.6. The molecular weight excluding hydrogens is 336 g/mol. The average Bonchev–Trinajstić information content (AvgIpc) is 3.02. The lowest BCUT2D eigenvalue weighted by Crippen LogP contribution is -2.05. The first-order chi connectivity index (χ1) is 12.1. The van der Waals surface area contributed by atoms with Gasteiger partial charge < -0.3 is 10.1 Å². The van der Waals surface area contributed by atoms with Crippen LogP contribution in [0.2, 0.25) is 0 Å². The molecule has 0 fully saturated rings. The third-order valence-corrected chi connectivity index (χ3v) is 4.33. The first kappa shape index (κ1) is 16.9. The number of amides is 1. The predicted octanol–water partition coefficient (Wildman–Crippen LogP) is 4.01. The number of esters is 1. The fourth-order valence-corrected chi connectivity index (χ4v) is 3.09. The molecule has 6 heteroatoms. The number of rotatable bonds is 5. The van der Waals surface area contributed by atoms with Crippen molar-refractivity contribution in [2.45, 2.75) is 13.5 Å². The van der Waals surface area contributed by atoms with Gasteiger partial charge in [-0.25, -0.2) is 9.78 Å². The zero-order valence-corrected chi connectivity index (χ0v) is 14.4. The highest BCUT2D eigenvalue weighted by atomic mass is 32.1. The van der Waals surface area contributed by atoms with Crippen molar-refractivity contribution in [2.75, 3.05) is 5.32 Å². The number of thiazole rings is 1. The number of anilines is 1. The predicted molar refractivity (Wildman–Crippen MR) is 99.2 cm³/mol. The average molecular weight is 352 g/mol. The van der Waals surface area contributed by atoms with Crippen molar-refractivity contribution < 1.29 is 14.3 Å². The highest BCUT2D eigenvalue weighted by Gasteiger charge is 2.05. The van der Waals surface area contributed by atoms with Gasteiger partial charge in [-0.3, -0.25) is 4.79 Å². The molecule has 0 aliphatic carbocycles. The van der Waals surface area contributed by atoms with Crippen molar-refractivity contribution in [2.24, 2.45) is 0 Å². The Balaban J connectivity index is 1.54.